The Labute approximate surface area is 171 Å². The molecule has 0 fully saturated rings. The highest BCUT2D eigenvalue weighted by atomic mass is 35.5. The Balaban J connectivity index is 1.65. The van der Waals surface area contributed by atoms with Gasteiger partial charge in [-0.3, -0.25) is 4.99 Å². The lowest BCUT2D eigenvalue weighted by Gasteiger charge is -2.20. The van der Waals surface area contributed by atoms with E-state index in [1.807, 2.05) is 48.5 Å². The highest BCUT2D eigenvalue weighted by molar-refractivity contribution is 6.30. The molecule has 142 valence electrons. The summed E-state index contributed by atoms with van der Waals surface area (Å²) in [5.74, 6) is -1.01. The monoisotopic (exact) mass is 416 g/mol. The van der Waals surface area contributed by atoms with Gasteiger partial charge in [0.15, 0.2) is 11.6 Å². The maximum absolute atomic E-state index is 13.6. The van der Waals surface area contributed by atoms with E-state index in [1.54, 1.807) is 6.07 Å². The van der Waals surface area contributed by atoms with E-state index in [9.17, 15) is 8.78 Å². The van der Waals surface area contributed by atoms with Crippen LogP contribution in [0.1, 0.15) is 28.8 Å². The minimum atomic E-state index is -0.861. The van der Waals surface area contributed by atoms with Gasteiger partial charge in [0, 0.05) is 16.5 Å². The first-order valence-corrected chi connectivity index (χ1v) is 9.53. The van der Waals surface area contributed by atoms with Crippen LogP contribution in [-0.2, 0) is 6.42 Å². The van der Waals surface area contributed by atoms with Gasteiger partial charge >= 0.3 is 0 Å². The number of nitrogens with one attached hydrogen (secondary N) is 1. The van der Waals surface area contributed by atoms with Crippen molar-refractivity contribution in [3.05, 3.63) is 105 Å². The van der Waals surface area contributed by atoms with E-state index in [0.717, 1.165) is 17.2 Å². The molecule has 1 aliphatic rings. The molecule has 2 nitrogen and oxygen atoms in total. The molecular weight excluding hydrogens is 401 g/mol. The number of rotatable bonds is 4. The predicted octanol–water partition coefficient (Wildman–Crippen LogP) is 6.30. The zero-order chi connectivity index (χ0) is 19.7. The Morgan fingerprint density at radius 2 is 1.39 bits per heavy atom. The summed E-state index contributed by atoms with van der Waals surface area (Å²) in [6.07, 6.45) is 0.380. The van der Waals surface area contributed by atoms with Crippen LogP contribution in [0, 0.1) is 11.6 Å². The first kappa shape index (κ1) is 18.9. The molecular formula is C22H16Cl2F2N2. The molecule has 28 heavy (non-hydrogen) atoms. The van der Waals surface area contributed by atoms with Gasteiger partial charge in [0.05, 0.1) is 6.04 Å². The van der Waals surface area contributed by atoms with E-state index in [0.29, 0.717) is 27.9 Å². The number of benzene rings is 3. The highest BCUT2D eigenvalue weighted by Crippen LogP contribution is 2.37. The molecule has 0 saturated heterocycles. The summed E-state index contributed by atoms with van der Waals surface area (Å²) in [6, 6.07) is 18.8. The van der Waals surface area contributed by atoms with E-state index < -0.39 is 11.6 Å². The molecule has 0 saturated carbocycles. The van der Waals surface area contributed by atoms with Crippen molar-refractivity contribution < 1.29 is 8.78 Å². The van der Waals surface area contributed by atoms with Gasteiger partial charge in [-0.25, -0.2) is 8.78 Å². The van der Waals surface area contributed by atoms with Gasteiger partial charge in [-0.05, 0) is 53.1 Å². The van der Waals surface area contributed by atoms with Gasteiger partial charge in [0.1, 0.15) is 11.9 Å². The minimum absolute atomic E-state index is 0.0984. The van der Waals surface area contributed by atoms with Crippen LogP contribution in [0.25, 0.3) is 0 Å². The number of amidine groups is 1. The molecule has 3 aromatic rings. The average molecular weight is 417 g/mol. The van der Waals surface area contributed by atoms with Crippen LogP contribution < -0.4 is 5.32 Å². The second-order valence-corrected chi connectivity index (χ2v) is 7.54. The molecule has 0 amide bonds. The molecule has 3 aromatic carbocycles. The fraction of sp³-hybridized carbons (Fsp3) is 0.136. The lowest BCUT2D eigenvalue weighted by atomic mass is 9.95. The number of hydrogen-bond acceptors (Lipinski definition) is 2. The van der Waals surface area contributed by atoms with Gasteiger partial charge in [-0.15, -0.1) is 0 Å². The smallest absolute Gasteiger partial charge is 0.159 e. The third kappa shape index (κ3) is 4.03. The average Bonchev–Trinajstić information content (AvgIpc) is 3.09. The molecule has 0 radical (unpaired) electrons. The van der Waals surface area contributed by atoms with E-state index in [4.69, 9.17) is 28.2 Å². The Hall–Kier alpha value is -2.43. The number of aliphatic imine (C=N–C) groups is 1. The van der Waals surface area contributed by atoms with Crippen molar-refractivity contribution in [1.29, 1.82) is 0 Å². The second-order valence-electron chi connectivity index (χ2n) is 6.67. The SMILES string of the molecule is Fc1ccc(CC2=N[C@H](c3ccc(Cl)cc3)[C@H](c3ccc(Cl)cc3)N2)cc1F. The van der Waals surface area contributed by atoms with Crippen molar-refractivity contribution >= 4 is 29.0 Å². The third-order valence-electron chi connectivity index (χ3n) is 4.73. The van der Waals surface area contributed by atoms with Crippen molar-refractivity contribution in [2.45, 2.75) is 18.5 Å². The third-order valence-corrected chi connectivity index (χ3v) is 5.23. The normalized spacial score (nSPS) is 18.6. The highest BCUT2D eigenvalue weighted by Gasteiger charge is 2.31. The van der Waals surface area contributed by atoms with E-state index in [2.05, 4.69) is 5.32 Å². The standard InChI is InChI=1S/C22H16Cl2F2N2/c23-16-6-2-14(3-7-16)21-22(15-4-8-17(24)9-5-15)28-20(27-21)12-13-1-10-18(25)19(26)11-13/h1-11,21-22H,12H2,(H,27,28)/t21-,22+. The van der Waals surface area contributed by atoms with Crippen LogP contribution >= 0.6 is 23.2 Å². The molecule has 4 rings (SSSR count). The van der Waals surface area contributed by atoms with E-state index in [1.165, 1.54) is 6.07 Å². The summed E-state index contributed by atoms with van der Waals surface area (Å²) in [7, 11) is 0. The molecule has 0 spiro atoms. The molecule has 1 aliphatic heterocycles. The second kappa shape index (κ2) is 7.90. The van der Waals surface area contributed by atoms with Crippen molar-refractivity contribution in [3.63, 3.8) is 0 Å². The lowest BCUT2D eigenvalue weighted by Crippen LogP contribution is -2.25. The first-order chi connectivity index (χ1) is 13.5. The zero-order valence-electron chi connectivity index (χ0n) is 14.7. The molecule has 2 atom stereocenters. The van der Waals surface area contributed by atoms with Crippen molar-refractivity contribution in [2.24, 2.45) is 4.99 Å². The quantitative estimate of drug-likeness (QED) is 0.530. The van der Waals surface area contributed by atoms with Crippen LogP contribution in [0.5, 0.6) is 0 Å². The van der Waals surface area contributed by atoms with Crippen molar-refractivity contribution in [2.75, 3.05) is 0 Å². The number of halogens is 4. The molecule has 1 heterocycles. The van der Waals surface area contributed by atoms with E-state index in [-0.39, 0.29) is 12.1 Å². The summed E-state index contributed by atoms with van der Waals surface area (Å²) < 4.78 is 26.8. The summed E-state index contributed by atoms with van der Waals surface area (Å²) in [6.45, 7) is 0. The maximum atomic E-state index is 13.6. The topological polar surface area (TPSA) is 24.4 Å². The lowest BCUT2D eigenvalue weighted by molar-refractivity contribution is 0.507. The number of nitrogens with zero attached hydrogens (tertiary/aromatic N) is 1. The molecule has 6 heteroatoms. The van der Waals surface area contributed by atoms with Crippen molar-refractivity contribution in [1.82, 2.24) is 5.32 Å². The van der Waals surface area contributed by atoms with Gasteiger partial charge < -0.3 is 5.32 Å². The van der Waals surface area contributed by atoms with Gasteiger partial charge in [-0.2, -0.15) is 0 Å². The van der Waals surface area contributed by atoms with Crippen LogP contribution in [0.3, 0.4) is 0 Å². The van der Waals surface area contributed by atoms with Gasteiger partial charge in [-0.1, -0.05) is 53.5 Å². The first-order valence-electron chi connectivity index (χ1n) is 8.77. The zero-order valence-corrected chi connectivity index (χ0v) is 16.2. The molecule has 0 aromatic heterocycles. The molecule has 0 aliphatic carbocycles. The summed E-state index contributed by atoms with van der Waals surface area (Å²) >= 11 is 12.0. The summed E-state index contributed by atoms with van der Waals surface area (Å²) in [5, 5.41) is 4.75. The summed E-state index contributed by atoms with van der Waals surface area (Å²) in [4.78, 5) is 4.83. The molecule has 0 bridgehead atoms. The Morgan fingerprint density at radius 3 is 2.00 bits per heavy atom. The van der Waals surface area contributed by atoms with Crippen molar-refractivity contribution in [3.8, 4) is 0 Å². The van der Waals surface area contributed by atoms with Gasteiger partial charge in [0.25, 0.3) is 0 Å². The molecule has 1 N–H and O–H groups in total. The van der Waals surface area contributed by atoms with Crippen LogP contribution in [0.15, 0.2) is 71.7 Å². The van der Waals surface area contributed by atoms with E-state index >= 15 is 0 Å². The predicted molar refractivity (Wildman–Crippen MR) is 109 cm³/mol. The maximum Gasteiger partial charge on any atom is 0.159 e. The Kier molecular flexibility index (Phi) is 5.33. The van der Waals surface area contributed by atoms with Crippen LogP contribution in [-0.4, -0.2) is 5.84 Å². The van der Waals surface area contributed by atoms with Gasteiger partial charge in [0.2, 0.25) is 0 Å². The fourth-order valence-electron chi connectivity index (χ4n) is 3.34. The fourth-order valence-corrected chi connectivity index (χ4v) is 3.59. The van der Waals surface area contributed by atoms with Crippen LogP contribution in [0.2, 0.25) is 10.0 Å². The Morgan fingerprint density at radius 1 is 0.786 bits per heavy atom. The Bertz CT molecular complexity index is 1020. The largest absolute Gasteiger partial charge is 0.364 e. The molecule has 0 unspecified atom stereocenters. The summed E-state index contributed by atoms with van der Waals surface area (Å²) in [5.41, 5.74) is 2.70. The minimum Gasteiger partial charge on any atom is -0.364 e. The van der Waals surface area contributed by atoms with Crippen LogP contribution in [0.4, 0.5) is 8.78 Å². The number of hydrogen-bond donors (Lipinski definition) is 1.